The van der Waals surface area contributed by atoms with Crippen LogP contribution in [-0.2, 0) is 0 Å². The van der Waals surface area contributed by atoms with Crippen molar-refractivity contribution < 1.29 is 0 Å². The molecule has 2 nitrogen and oxygen atoms in total. The fourth-order valence-corrected chi connectivity index (χ4v) is 7.09. The van der Waals surface area contributed by atoms with Gasteiger partial charge in [-0.2, -0.15) is 0 Å². The molecule has 2 heterocycles. The van der Waals surface area contributed by atoms with Crippen LogP contribution in [0, 0.1) is 0 Å². The fraction of sp³-hybridized carbons (Fsp3) is 0. The summed E-state index contributed by atoms with van der Waals surface area (Å²) in [5.74, 6) is 0. The smallest absolute Gasteiger partial charge is 0.0541 e. The van der Waals surface area contributed by atoms with E-state index in [1.54, 1.807) is 0 Å². The van der Waals surface area contributed by atoms with Gasteiger partial charge >= 0.3 is 0 Å². The first-order chi connectivity index (χ1) is 20.5. The Bertz CT molecular complexity index is 1950. The predicted molar refractivity (Wildman–Crippen MR) is 192 cm³/mol. The highest BCUT2D eigenvalue weighted by Gasteiger charge is 2.14. The molecule has 204 valence electrons. The second-order valence-corrected chi connectivity index (χ2v) is 13.7. The molecular weight excluding hydrogens is 780 g/mol. The molecule has 0 radical (unpaired) electrons. The van der Waals surface area contributed by atoms with Gasteiger partial charge < -0.3 is 9.13 Å². The summed E-state index contributed by atoms with van der Waals surface area (Å²) in [4.78, 5) is 0. The molecule has 8 aromatic rings. The van der Waals surface area contributed by atoms with Crippen molar-refractivity contribution in [3.05, 3.63) is 151 Å². The van der Waals surface area contributed by atoms with Gasteiger partial charge in [0.1, 0.15) is 0 Å². The lowest BCUT2D eigenvalue weighted by atomic mass is 10.2. The van der Waals surface area contributed by atoms with Crippen LogP contribution in [0.25, 0.3) is 55.0 Å². The average molecular weight is 802 g/mol. The number of halogens is 4. The molecule has 6 heteroatoms. The van der Waals surface area contributed by atoms with Crippen LogP contribution in [0.1, 0.15) is 0 Å². The van der Waals surface area contributed by atoms with E-state index in [-0.39, 0.29) is 0 Å². The molecule has 8 rings (SSSR count). The van der Waals surface area contributed by atoms with Gasteiger partial charge in [0, 0.05) is 50.8 Å². The van der Waals surface area contributed by atoms with E-state index < -0.39 is 0 Å². The summed E-state index contributed by atoms with van der Waals surface area (Å²) in [6, 6.07) is 46.7. The molecule has 2 aromatic heterocycles. The van der Waals surface area contributed by atoms with Gasteiger partial charge in [0.05, 0.1) is 22.1 Å². The van der Waals surface area contributed by atoms with E-state index in [4.69, 9.17) is 0 Å². The van der Waals surface area contributed by atoms with Gasteiger partial charge in [-0.3, -0.25) is 0 Å². The normalized spacial score (nSPS) is 11.3. The minimum atomic E-state index is 1.10. The van der Waals surface area contributed by atoms with E-state index in [1.807, 2.05) is 12.1 Å². The van der Waals surface area contributed by atoms with Crippen molar-refractivity contribution in [1.82, 2.24) is 9.13 Å². The van der Waals surface area contributed by atoms with Gasteiger partial charge in [-0.25, -0.2) is 0 Å². The first-order valence-corrected chi connectivity index (χ1v) is 16.5. The van der Waals surface area contributed by atoms with Crippen LogP contribution in [0.5, 0.6) is 0 Å². The number of aromatic nitrogens is 2. The molecule has 0 N–H and O–H groups in total. The summed E-state index contributed by atoms with van der Waals surface area (Å²) >= 11 is 14.3. The molecule has 0 saturated carbocycles. The Kier molecular flexibility index (Phi) is 7.57. The van der Waals surface area contributed by atoms with Gasteiger partial charge in [-0.1, -0.05) is 100 Å². The molecule has 6 aromatic carbocycles. The van der Waals surface area contributed by atoms with Crippen molar-refractivity contribution in [3.8, 4) is 11.4 Å². The van der Waals surface area contributed by atoms with Crippen LogP contribution in [0.4, 0.5) is 0 Å². The first kappa shape index (κ1) is 27.7. The summed E-state index contributed by atoms with van der Waals surface area (Å²) in [5, 5.41) is 5.02. The Balaban J connectivity index is 0.000000137. The van der Waals surface area contributed by atoms with Crippen molar-refractivity contribution in [3.63, 3.8) is 0 Å². The van der Waals surface area contributed by atoms with E-state index in [9.17, 15) is 0 Å². The predicted octanol–water partition coefficient (Wildman–Crippen LogP) is 12.6. The van der Waals surface area contributed by atoms with Gasteiger partial charge in [-0.05, 0) is 97.1 Å². The maximum atomic E-state index is 3.58. The minimum Gasteiger partial charge on any atom is -0.309 e. The summed E-state index contributed by atoms with van der Waals surface area (Å²) < 4.78 is 9.01. The van der Waals surface area contributed by atoms with E-state index in [0.29, 0.717) is 0 Å². The zero-order valence-corrected chi connectivity index (χ0v) is 28.5. The fourth-order valence-electron chi connectivity index (χ4n) is 5.65. The molecular formula is C36H22Br4N2. The Labute approximate surface area is 277 Å². The van der Waals surface area contributed by atoms with Gasteiger partial charge in [0.2, 0.25) is 0 Å². The van der Waals surface area contributed by atoms with E-state index in [2.05, 4.69) is 194 Å². The van der Waals surface area contributed by atoms with E-state index >= 15 is 0 Å². The number of hydrogen-bond donors (Lipinski definition) is 0. The highest BCUT2D eigenvalue weighted by molar-refractivity contribution is 9.11. The van der Waals surface area contributed by atoms with Crippen molar-refractivity contribution >= 4 is 107 Å². The largest absolute Gasteiger partial charge is 0.309 e. The maximum absolute atomic E-state index is 3.58. The van der Waals surface area contributed by atoms with Crippen LogP contribution in [0.2, 0.25) is 0 Å². The summed E-state index contributed by atoms with van der Waals surface area (Å²) in [6.07, 6.45) is 0. The van der Waals surface area contributed by atoms with Crippen molar-refractivity contribution in [1.29, 1.82) is 0 Å². The molecule has 0 spiro atoms. The SMILES string of the molecule is Brc1ccc2c(c1)c1cc(Br)ccc1n2-c1ccccc1.Brc1ccc2c(c1)c1cc(Br)ccc1n2-c1ccccc1. The zero-order chi connectivity index (χ0) is 28.8. The Hall–Kier alpha value is -3.16. The lowest BCUT2D eigenvalue weighted by Crippen LogP contribution is -1.92. The average Bonchev–Trinajstić information content (AvgIpc) is 3.49. The highest BCUT2D eigenvalue weighted by atomic mass is 79.9. The number of benzene rings is 6. The number of para-hydroxylation sites is 2. The van der Waals surface area contributed by atoms with Crippen LogP contribution in [0.3, 0.4) is 0 Å². The van der Waals surface area contributed by atoms with Crippen LogP contribution < -0.4 is 0 Å². The third kappa shape index (κ3) is 5.05. The topological polar surface area (TPSA) is 9.86 Å². The van der Waals surface area contributed by atoms with Gasteiger partial charge in [0.15, 0.2) is 0 Å². The third-order valence-corrected chi connectivity index (χ3v) is 9.38. The number of hydrogen-bond acceptors (Lipinski definition) is 0. The lowest BCUT2D eigenvalue weighted by Gasteiger charge is -2.07. The van der Waals surface area contributed by atoms with E-state index in [1.165, 1.54) is 55.0 Å². The van der Waals surface area contributed by atoms with Gasteiger partial charge in [0.25, 0.3) is 0 Å². The summed E-state index contributed by atoms with van der Waals surface area (Å²) in [5.41, 5.74) is 7.24. The molecule has 42 heavy (non-hydrogen) atoms. The molecule has 0 fully saturated rings. The van der Waals surface area contributed by atoms with Crippen molar-refractivity contribution in [2.24, 2.45) is 0 Å². The first-order valence-electron chi connectivity index (χ1n) is 13.4. The van der Waals surface area contributed by atoms with Gasteiger partial charge in [-0.15, -0.1) is 0 Å². The Morgan fingerprint density at radius 1 is 0.310 bits per heavy atom. The Morgan fingerprint density at radius 3 is 0.833 bits per heavy atom. The number of rotatable bonds is 2. The molecule has 0 bridgehead atoms. The minimum absolute atomic E-state index is 1.10. The van der Waals surface area contributed by atoms with Crippen LogP contribution in [-0.4, -0.2) is 9.13 Å². The Morgan fingerprint density at radius 2 is 0.571 bits per heavy atom. The molecule has 0 aliphatic heterocycles. The molecule has 0 amide bonds. The molecule has 0 saturated heterocycles. The molecule has 0 atom stereocenters. The highest BCUT2D eigenvalue weighted by Crippen LogP contribution is 2.36. The van der Waals surface area contributed by atoms with Crippen molar-refractivity contribution in [2.45, 2.75) is 0 Å². The van der Waals surface area contributed by atoms with E-state index in [0.717, 1.165) is 17.9 Å². The standard InChI is InChI=1S/2C18H11Br2N/c2*19-12-6-8-17-15(10-12)16-11-13(20)7-9-18(16)21(17)14-4-2-1-3-5-14/h2*1-11H. The monoisotopic (exact) mass is 798 g/mol. The quantitative estimate of drug-likeness (QED) is 0.165. The summed E-state index contributed by atoms with van der Waals surface area (Å²) in [6.45, 7) is 0. The zero-order valence-electron chi connectivity index (χ0n) is 22.1. The second kappa shape index (κ2) is 11.5. The van der Waals surface area contributed by atoms with Crippen molar-refractivity contribution in [2.75, 3.05) is 0 Å². The lowest BCUT2D eigenvalue weighted by molar-refractivity contribution is 1.18. The molecule has 0 unspecified atom stereocenters. The summed E-state index contributed by atoms with van der Waals surface area (Å²) in [7, 11) is 0. The number of fused-ring (bicyclic) bond motifs is 6. The second-order valence-electron chi connectivity index (χ2n) is 9.99. The molecule has 0 aliphatic rings. The number of nitrogens with zero attached hydrogens (tertiary/aromatic N) is 2. The third-order valence-electron chi connectivity index (χ3n) is 7.41. The molecule has 0 aliphatic carbocycles. The van der Waals surface area contributed by atoms with Crippen LogP contribution in [0.15, 0.2) is 151 Å². The maximum Gasteiger partial charge on any atom is 0.0541 e. The van der Waals surface area contributed by atoms with Crippen LogP contribution >= 0.6 is 63.7 Å².